The van der Waals surface area contributed by atoms with E-state index < -0.39 is 0 Å². The van der Waals surface area contributed by atoms with E-state index in [1.54, 1.807) is 19.2 Å². The molecule has 0 saturated heterocycles. The number of alkyl halides is 1. The van der Waals surface area contributed by atoms with Gasteiger partial charge in [0.05, 0.1) is 11.0 Å². The summed E-state index contributed by atoms with van der Waals surface area (Å²) >= 11 is 5.68. The van der Waals surface area contributed by atoms with Gasteiger partial charge in [-0.1, -0.05) is 0 Å². The maximum absolute atomic E-state index is 11.5. The molecule has 0 fully saturated rings. The van der Waals surface area contributed by atoms with Crippen LogP contribution in [-0.4, -0.2) is 9.97 Å². The van der Waals surface area contributed by atoms with Crippen LogP contribution in [0.4, 0.5) is 0 Å². The molecule has 2 aromatic heterocycles. The van der Waals surface area contributed by atoms with Crippen molar-refractivity contribution in [3.8, 4) is 6.07 Å². The molecule has 0 unspecified atom stereocenters. The zero-order valence-electron chi connectivity index (χ0n) is 8.54. The third-order valence-electron chi connectivity index (χ3n) is 2.42. The fourth-order valence-electron chi connectivity index (χ4n) is 1.58. The number of halogens is 1. The molecular weight excluding hydrogens is 226 g/mol. The second kappa shape index (κ2) is 3.95. The second-order valence-corrected chi connectivity index (χ2v) is 3.71. The number of rotatable bonds is 1. The van der Waals surface area contributed by atoms with Crippen LogP contribution < -0.4 is 5.56 Å². The molecule has 0 aliphatic heterocycles. The van der Waals surface area contributed by atoms with Crippen LogP contribution in [0.2, 0.25) is 0 Å². The van der Waals surface area contributed by atoms with Gasteiger partial charge in [-0.15, -0.1) is 11.6 Å². The van der Waals surface area contributed by atoms with Crippen molar-refractivity contribution < 1.29 is 0 Å². The second-order valence-electron chi connectivity index (χ2n) is 3.44. The van der Waals surface area contributed by atoms with Gasteiger partial charge in [-0.05, 0) is 18.6 Å². The first-order chi connectivity index (χ1) is 7.67. The molecule has 0 aliphatic rings. The number of nitriles is 1. The average molecular weight is 234 g/mol. The summed E-state index contributed by atoms with van der Waals surface area (Å²) in [6.07, 6.45) is 1.64. The van der Waals surface area contributed by atoms with Crippen molar-refractivity contribution in [2.24, 2.45) is 0 Å². The summed E-state index contributed by atoms with van der Waals surface area (Å²) in [7, 11) is 0. The minimum absolute atomic E-state index is 0.110. The molecular formula is C11H8ClN3O. The minimum atomic E-state index is -0.388. The molecule has 0 radical (unpaired) electrons. The summed E-state index contributed by atoms with van der Waals surface area (Å²) in [5, 5.41) is 8.84. The third-order valence-corrected chi connectivity index (χ3v) is 2.72. The Kier molecular flexibility index (Phi) is 2.63. The fourth-order valence-corrected chi connectivity index (χ4v) is 1.73. The normalized spacial score (nSPS) is 10.3. The number of nitrogens with zero attached hydrogens (tertiary/aromatic N) is 2. The third kappa shape index (κ3) is 1.55. The fraction of sp³-hybridized carbons (Fsp3) is 0.182. The Balaban J connectivity index is 2.88. The number of aromatic nitrogens is 2. The van der Waals surface area contributed by atoms with Gasteiger partial charge in [-0.2, -0.15) is 5.26 Å². The van der Waals surface area contributed by atoms with Crippen molar-refractivity contribution in [1.82, 2.24) is 9.97 Å². The molecule has 0 amide bonds. The number of H-pyrrole nitrogens is 1. The minimum Gasteiger partial charge on any atom is -0.319 e. The first kappa shape index (κ1) is 10.7. The zero-order chi connectivity index (χ0) is 11.7. The van der Waals surface area contributed by atoms with Gasteiger partial charge in [-0.25, -0.2) is 0 Å². The van der Waals surface area contributed by atoms with E-state index >= 15 is 0 Å². The molecule has 2 aromatic rings. The van der Waals surface area contributed by atoms with E-state index in [0.717, 1.165) is 5.56 Å². The van der Waals surface area contributed by atoms with Gasteiger partial charge in [0.2, 0.25) is 0 Å². The Morgan fingerprint density at radius 1 is 1.62 bits per heavy atom. The zero-order valence-corrected chi connectivity index (χ0v) is 9.30. The number of aromatic amines is 1. The molecule has 0 aliphatic carbocycles. The standard InChI is InChI=1S/C11H8ClN3O/c1-6-8(4-13)11(16)15-9-2-7(3-12)5-14-10(6)9/h2,5H,3H2,1H3,(H,15,16). The lowest BCUT2D eigenvalue weighted by Gasteiger charge is -2.03. The van der Waals surface area contributed by atoms with Crippen LogP contribution in [0.1, 0.15) is 16.7 Å². The van der Waals surface area contributed by atoms with Crippen LogP contribution in [0.15, 0.2) is 17.1 Å². The number of hydrogen-bond acceptors (Lipinski definition) is 3. The van der Waals surface area contributed by atoms with E-state index in [1.807, 2.05) is 6.07 Å². The molecule has 16 heavy (non-hydrogen) atoms. The number of fused-ring (bicyclic) bond motifs is 1. The van der Waals surface area contributed by atoms with Crippen molar-refractivity contribution >= 4 is 22.6 Å². The molecule has 5 heteroatoms. The smallest absolute Gasteiger partial charge is 0.266 e. The maximum atomic E-state index is 11.5. The van der Waals surface area contributed by atoms with Crippen molar-refractivity contribution in [1.29, 1.82) is 5.26 Å². The van der Waals surface area contributed by atoms with Crippen LogP contribution in [0, 0.1) is 18.3 Å². The molecule has 2 rings (SSSR count). The summed E-state index contributed by atoms with van der Waals surface area (Å²) in [5.41, 5.74) is 2.39. The van der Waals surface area contributed by atoms with Crippen molar-refractivity contribution in [2.75, 3.05) is 0 Å². The van der Waals surface area contributed by atoms with E-state index in [2.05, 4.69) is 9.97 Å². The summed E-state index contributed by atoms with van der Waals surface area (Å²) in [5.74, 6) is 0.337. The van der Waals surface area contributed by atoms with Gasteiger partial charge in [0, 0.05) is 17.6 Å². The molecule has 0 atom stereocenters. The van der Waals surface area contributed by atoms with Gasteiger partial charge < -0.3 is 4.98 Å². The average Bonchev–Trinajstić information content (AvgIpc) is 2.28. The molecule has 0 saturated carbocycles. The molecule has 1 N–H and O–H groups in total. The van der Waals surface area contributed by atoms with Crippen LogP contribution in [0.5, 0.6) is 0 Å². The van der Waals surface area contributed by atoms with Gasteiger partial charge in [-0.3, -0.25) is 9.78 Å². The van der Waals surface area contributed by atoms with Crippen LogP contribution in [0.25, 0.3) is 11.0 Å². The van der Waals surface area contributed by atoms with Crippen molar-refractivity contribution in [3.05, 3.63) is 39.3 Å². The number of pyridine rings is 2. The predicted molar refractivity (Wildman–Crippen MR) is 61.4 cm³/mol. The molecule has 0 bridgehead atoms. The lowest BCUT2D eigenvalue weighted by atomic mass is 10.1. The van der Waals surface area contributed by atoms with E-state index in [1.165, 1.54) is 0 Å². The quantitative estimate of drug-likeness (QED) is 0.764. The van der Waals surface area contributed by atoms with E-state index in [4.69, 9.17) is 16.9 Å². The Bertz CT molecular complexity index is 655. The topological polar surface area (TPSA) is 69.5 Å². The lowest BCUT2D eigenvalue weighted by molar-refractivity contribution is 1.19. The van der Waals surface area contributed by atoms with Crippen LogP contribution >= 0.6 is 11.6 Å². The molecule has 80 valence electrons. The highest BCUT2D eigenvalue weighted by atomic mass is 35.5. The van der Waals surface area contributed by atoms with Gasteiger partial charge >= 0.3 is 0 Å². The van der Waals surface area contributed by atoms with E-state index in [9.17, 15) is 4.79 Å². The summed E-state index contributed by atoms with van der Waals surface area (Å²) in [4.78, 5) is 18.4. The highest BCUT2D eigenvalue weighted by molar-refractivity contribution is 6.17. The first-order valence-electron chi connectivity index (χ1n) is 4.65. The van der Waals surface area contributed by atoms with Gasteiger partial charge in [0.1, 0.15) is 11.6 Å². The van der Waals surface area contributed by atoms with Crippen molar-refractivity contribution in [2.45, 2.75) is 12.8 Å². The first-order valence-corrected chi connectivity index (χ1v) is 5.18. The van der Waals surface area contributed by atoms with E-state index in [0.29, 0.717) is 22.5 Å². The monoisotopic (exact) mass is 233 g/mol. The Hall–Kier alpha value is -1.86. The van der Waals surface area contributed by atoms with E-state index in [-0.39, 0.29) is 11.1 Å². The van der Waals surface area contributed by atoms with Crippen molar-refractivity contribution in [3.63, 3.8) is 0 Å². The summed E-state index contributed by atoms with van der Waals surface area (Å²) < 4.78 is 0. The number of nitrogens with one attached hydrogen (secondary N) is 1. The maximum Gasteiger partial charge on any atom is 0.266 e. The van der Waals surface area contributed by atoms with Gasteiger partial charge in [0.25, 0.3) is 5.56 Å². The summed E-state index contributed by atoms with van der Waals surface area (Å²) in [6, 6.07) is 3.64. The summed E-state index contributed by atoms with van der Waals surface area (Å²) in [6.45, 7) is 1.71. The number of aryl methyl sites for hydroxylation is 1. The van der Waals surface area contributed by atoms with Crippen LogP contribution in [0.3, 0.4) is 0 Å². The number of hydrogen-bond donors (Lipinski definition) is 1. The van der Waals surface area contributed by atoms with Crippen LogP contribution in [-0.2, 0) is 5.88 Å². The molecule has 0 spiro atoms. The predicted octanol–water partition coefficient (Wildman–Crippen LogP) is 1.84. The molecule has 4 nitrogen and oxygen atoms in total. The Morgan fingerprint density at radius 3 is 3.00 bits per heavy atom. The lowest BCUT2D eigenvalue weighted by Crippen LogP contribution is -2.12. The highest BCUT2D eigenvalue weighted by Gasteiger charge is 2.09. The molecule has 0 aromatic carbocycles. The molecule has 2 heterocycles. The Morgan fingerprint density at radius 2 is 2.38 bits per heavy atom. The highest BCUT2D eigenvalue weighted by Crippen LogP contribution is 2.16. The van der Waals surface area contributed by atoms with Gasteiger partial charge in [0.15, 0.2) is 0 Å². The Labute approximate surface area is 96.5 Å². The SMILES string of the molecule is Cc1c(C#N)c(=O)[nH]c2cc(CCl)cnc12. The largest absolute Gasteiger partial charge is 0.319 e.